The molecule has 1 heterocycles. The molecular weight excluding hydrogens is 272 g/mol. The topological polar surface area (TPSA) is 100 Å². The molecule has 21 heavy (non-hydrogen) atoms. The molecule has 0 spiro atoms. The second kappa shape index (κ2) is 6.85. The Morgan fingerprint density at radius 2 is 2.10 bits per heavy atom. The summed E-state index contributed by atoms with van der Waals surface area (Å²) in [5, 5.41) is 18.4. The number of carbonyl (C=O) groups excluding carboxylic acids is 1. The van der Waals surface area contributed by atoms with Crippen molar-refractivity contribution in [3.05, 3.63) is 41.5 Å². The van der Waals surface area contributed by atoms with Crippen LogP contribution in [0.5, 0.6) is 0 Å². The summed E-state index contributed by atoms with van der Waals surface area (Å²) in [6.07, 6.45) is 0. The Hall–Kier alpha value is -2.41. The van der Waals surface area contributed by atoms with Crippen LogP contribution in [-0.4, -0.2) is 33.8 Å². The fraction of sp³-hybridized carbons (Fsp3) is 0.357. The number of aliphatic hydroxyl groups is 1. The fourth-order valence-electron chi connectivity index (χ4n) is 1.68. The van der Waals surface area contributed by atoms with Gasteiger partial charge >= 0.3 is 0 Å². The zero-order valence-corrected chi connectivity index (χ0v) is 12.0. The molecule has 0 unspecified atom stereocenters. The molecule has 1 atom stereocenters. The van der Waals surface area contributed by atoms with Crippen LogP contribution in [0.15, 0.2) is 28.8 Å². The van der Waals surface area contributed by atoms with Crippen molar-refractivity contribution >= 4 is 11.6 Å². The van der Waals surface area contributed by atoms with Gasteiger partial charge in [0, 0.05) is 17.3 Å². The number of rotatable bonds is 6. The van der Waals surface area contributed by atoms with Crippen LogP contribution < -0.4 is 10.6 Å². The van der Waals surface area contributed by atoms with Gasteiger partial charge in [0.05, 0.1) is 13.2 Å². The zero-order chi connectivity index (χ0) is 15.2. The van der Waals surface area contributed by atoms with E-state index in [1.165, 1.54) is 0 Å². The van der Waals surface area contributed by atoms with Crippen LogP contribution in [-0.2, 0) is 6.54 Å². The summed E-state index contributed by atoms with van der Waals surface area (Å²) in [6.45, 7) is 3.83. The summed E-state index contributed by atoms with van der Waals surface area (Å²) in [4.78, 5) is 15.9. The number of aryl methyl sites for hydroxylation is 1. The van der Waals surface area contributed by atoms with Gasteiger partial charge in [-0.25, -0.2) is 0 Å². The van der Waals surface area contributed by atoms with Crippen molar-refractivity contribution in [2.75, 3.05) is 11.9 Å². The molecule has 0 saturated carbocycles. The molecule has 1 aromatic carbocycles. The molecule has 7 heteroatoms. The first kappa shape index (κ1) is 15.0. The van der Waals surface area contributed by atoms with Crippen molar-refractivity contribution in [1.82, 2.24) is 15.5 Å². The molecule has 0 fully saturated rings. The molecule has 2 aromatic rings. The van der Waals surface area contributed by atoms with E-state index in [0.717, 1.165) is 5.69 Å². The summed E-state index contributed by atoms with van der Waals surface area (Å²) in [5.74, 6) is 0.888. The van der Waals surface area contributed by atoms with Crippen LogP contribution in [0.2, 0.25) is 0 Å². The number of anilines is 1. The maximum atomic E-state index is 11.8. The van der Waals surface area contributed by atoms with E-state index < -0.39 is 0 Å². The lowest BCUT2D eigenvalue weighted by molar-refractivity contribution is 0.0922. The van der Waals surface area contributed by atoms with Crippen LogP contribution in [0.4, 0.5) is 5.69 Å². The van der Waals surface area contributed by atoms with Crippen molar-refractivity contribution in [1.29, 1.82) is 0 Å². The number of carbonyl (C=O) groups is 1. The highest BCUT2D eigenvalue weighted by Gasteiger charge is 2.09. The normalized spacial score (nSPS) is 12.0. The second-order valence-electron chi connectivity index (χ2n) is 4.72. The van der Waals surface area contributed by atoms with Gasteiger partial charge in [-0.05, 0) is 38.1 Å². The van der Waals surface area contributed by atoms with Crippen LogP contribution >= 0.6 is 0 Å². The van der Waals surface area contributed by atoms with Gasteiger partial charge in [-0.1, -0.05) is 5.16 Å². The Morgan fingerprint density at radius 3 is 2.67 bits per heavy atom. The van der Waals surface area contributed by atoms with Crippen molar-refractivity contribution in [2.45, 2.75) is 26.4 Å². The third-order valence-electron chi connectivity index (χ3n) is 2.81. The molecule has 2 rings (SSSR count). The van der Waals surface area contributed by atoms with E-state index in [9.17, 15) is 4.79 Å². The SMILES string of the molecule is Cc1noc(CNc2ccc(C(=O)N[C@H](C)CO)cc2)n1. The van der Waals surface area contributed by atoms with E-state index >= 15 is 0 Å². The Balaban J connectivity index is 1.91. The third-order valence-corrected chi connectivity index (χ3v) is 2.81. The highest BCUT2D eigenvalue weighted by atomic mass is 16.5. The predicted molar refractivity (Wildman–Crippen MR) is 76.8 cm³/mol. The van der Waals surface area contributed by atoms with E-state index in [1.54, 1.807) is 38.1 Å². The van der Waals surface area contributed by atoms with E-state index in [4.69, 9.17) is 9.63 Å². The molecule has 112 valence electrons. The molecule has 0 aliphatic rings. The maximum absolute atomic E-state index is 11.8. The summed E-state index contributed by atoms with van der Waals surface area (Å²) >= 11 is 0. The molecule has 3 N–H and O–H groups in total. The van der Waals surface area contributed by atoms with E-state index in [-0.39, 0.29) is 18.6 Å². The Kier molecular flexibility index (Phi) is 4.89. The van der Waals surface area contributed by atoms with Crippen LogP contribution in [0.1, 0.15) is 29.0 Å². The Labute approximate surface area is 122 Å². The van der Waals surface area contributed by atoms with Crippen molar-refractivity contribution in [3.8, 4) is 0 Å². The molecule has 0 aliphatic carbocycles. The number of nitrogens with zero attached hydrogens (tertiary/aromatic N) is 2. The number of benzene rings is 1. The highest BCUT2D eigenvalue weighted by Crippen LogP contribution is 2.11. The van der Waals surface area contributed by atoms with Gasteiger partial charge in [-0.15, -0.1) is 0 Å². The van der Waals surface area contributed by atoms with Crippen LogP contribution in [0, 0.1) is 6.92 Å². The average molecular weight is 290 g/mol. The van der Waals surface area contributed by atoms with Crippen molar-refractivity contribution in [2.24, 2.45) is 0 Å². The smallest absolute Gasteiger partial charge is 0.251 e. The molecule has 0 aliphatic heterocycles. The number of amides is 1. The Morgan fingerprint density at radius 1 is 1.38 bits per heavy atom. The van der Waals surface area contributed by atoms with Crippen LogP contribution in [0.3, 0.4) is 0 Å². The number of aromatic nitrogens is 2. The quantitative estimate of drug-likeness (QED) is 0.736. The average Bonchev–Trinajstić information content (AvgIpc) is 2.91. The summed E-state index contributed by atoms with van der Waals surface area (Å²) in [7, 11) is 0. The molecule has 0 radical (unpaired) electrons. The van der Waals surface area contributed by atoms with Gasteiger partial charge < -0.3 is 20.3 Å². The van der Waals surface area contributed by atoms with Gasteiger partial charge in [0.25, 0.3) is 5.91 Å². The predicted octanol–water partition coefficient (Wildman–Crippen LogP) is 1.10. The fourth-order valence-corrected chi connectivity index (χ4v) is 1.68. The standard InChI is InChI=1S/C14H18N4O3/c1-9(8-19)16-14(20)11-3-5-12(6-4-11)15-7-13-17-10(2)18-21-13/h3-6,9,15,19H,7-8H2,1-2H3,(H,16,20)/t9-/m1/s1. The van der Waals surface area contributed by atoms with Gasteiger partial charge in [0.1, 0.15) is 0 Å². The van der Waals surface area contributed by atoms with Gasteiger partial charge in [-0.3, -0.25) is 4.79 Å². The Bertz CT molecular complexity index is 595. The van der Waals surface area contributed by atoms with Gasteiger partial charge in [-0.2, -0.15) is 4.98 Å². The van der Waals surface area contributed by atoms with E-state index in [1.807, 2.05) is 0 Å². The monoisotopic (exact) mass is 290 g/mol. The van der Waals surface area contributed by atoms with Gasteiger partial charge in [0.15, 0.2) is 5.82 Å². The minimum atomic E-state index is -0.268. The number of hydrogen-bond donors (Lipinski definition) is 3. The molecule has 7 nitrogen and oxygen atoms in total. The van der Waals surface area contributed by atoms with E-state index in [2.05, 4.69) is 20.8 Å². The number of hydrogen-bond acceptors (Lipinski definition) is 6. The lowest BCUT2D eigenvalue weighted by atomic mass is 10.2. The number of nitrogens with one attached hydrogen (secondary N) is 2. The minimum Gasteiger partial charge on any atom is -0.394 e. The second-order valence-corrected chi connectivity index (χ2v) is 4.72. The molecule has 1 amide bonds. The molecule has 1 aromatic heterocycles. The maximum Gasteiger partial charge on any atom is 0.251 e. The third kappa shape index (κ3) is 4.28. The lowest BCUT2D eigenvalue weighted by Crippen LogP contribution is -2.34. The number of aliphatic hydroxyl groups excluding tert-OH is 1. The lowest BCUT2D eigenvalue weighted by Gasteiger charge is -2.11. The minimum absolute atomic E-state index is 0.0883. The summed E-state index contributed by atoms with van der Waals surface area (Å²) in [6, 6.07) is 6.74. The highest BCUT2D eigenvalue weighted by molar-refractivity contribution is 5.94. The van der Waals surface area contributed by atoms with Crippen molar-refractivity contribution in [3.63, 3.8) is 0 Å². The molecule has 0 saturated heterocycles. The van der Waals surface area contributed by atoms with Crippen LogP contribution in [0.25, 0.3) is 0 Å². The van der Waals surface area contributed by atoms with Gasteiger partial charge in [0.2, 0.25) is 5.89 Å². The first-order valence-electron chi connectivity index (χ1n) is 6.63. The summed E-state index contributed by atoms with van der Waals surface area (Å²) in [5.41, 5.74) is 1.38. The zero-order valence-electron chi connectivity index (χ0n) is 12.0. The van der Waals surface area contributed by atoms with Crippen molar-refractivity contribution < 1.29 is 14.4 Å². The first-order valence-corrected chi connectivity index (χ1v) is 6.63. The first-order chi connectivity index (χ1) is 10.1. The molecular formula is C14H18N4O3. The summed E-state index contributed by atoms with van der Waals surface area (Å²) < 4.78 is 4.99. The largest absolute Gasteiger partial charge is 0.394 e. The van der Waals surface area contributed by atoms with E-state index in [0.29, 0.717) is 23.8 Å². The molecule has 0 bridgehead atoms.